The summed E-state index contributed by atoms with van der Waals surface area (Å²) in [5.41, 5.74) is 0.580. The number of carbonyl (C=O) groups excluding carboxylic acids is 2. The smallest absolute Gasteiger partial charge is 0.251 e. The van der Waals surface area contributed by atoms with Crippen LogP contribution in [-0.2, 0) is 21.4 Å². The van der Waals surface area contributed by atoms with Crippen LogP contribution in [0.2, 0.25) is 0 Å². The Morgan fingerprint density at radius 1 is 0.964 bits per heavy atom. The van der Waals surface area contributed by atoms with Crippen LogP contribution in [0.3, 0.4) is 0 Å². The Bertz CT molecular complexity index is 935. The molecule has 0 bridgehead atoms. The van der Waals surface area contributed by atoms with Crippen LogP contribution in [0, 0.1) is 0 Å². The fraction of sp³-hybridized carbons (Fsp3) is 0.300. The number of benzene rings is 2. The van der Waals surface area contributed by atoms with E-state index in [9.17, 15) is 18.0 Å². The second kappa shape index (κ2) is 8.99. The molecule has 0 radical (unpaired) electrons. The molecule has 0 saturated heterocycles. The van der Waals surface area contributed by atoms with Gasteiger partial charge in [0.1, 0.15) is 0 Å². The molecule has 0 spiro atoms. The third kappa shape index (κ3) is 6.79. The molecular formula is C20H25N3O4S. The van der Waals surface area contributed by atoms with E-state index in [0.717, 1.165) is 5.56 Å². The van der Waals surface area contributed by atoms with Crippen LogP contribution in [0.1, 0.15) is 36.7 Å². The van der Waals surface area contributed by atoms with E-state index in [0.29, 0.717) is 0 Å². The Hall–Kier alpha value is -2.71. The lowest BCUT2D eigenvalue weighted by Crippen LogP contribution is -2.45. The van der Waals surface area contributed by atoms with Crippen molar-refractivity contribution >= 4 is 21.8 Å². The predicted molar refractivity (Wildman–Crippen MR) is 107 cm³/mol. The van der Waals surface area contributed by atoms with Crippen molar-refractivity contribution in [2.24, 2.45) is 0 Å². The Morgan fingerprint density at radius 2 is 1.64 bits per heavy atom. The van der Waals surface area contributed by atoms with E-state index in [1.807, 2.05) is 51.1 Å². The molecule has 150 valence electrons. The van der Waals surface area contributed by atoms with Crippen LogP contribution in [0.5, 0.6) is 0 Å². The molecule has 2 amide bonds. The van der Waals surface area contributed by atoms with Crippen LogP contribution in [0.15, 0.2) is 59.5 Å². The summed E-state index contributed by atoms with van der Waals surface area (Å²) >= 11 is 0. The fourth-order valence-electron chi connectivity index (χ4n) is 2.39. The molecule has 0 aliphatic carbocycles. The molecule has 28 heavy (non-hydrogen) atoms. The van der Waals surface area contributed by atoms with Crippen molar-refractivity contribution in [1.29, 1.82) is 0 Å². The van der Waals surface area contributed by atoms with Crippen molar-refractivity contribution in [3.8, 4) is 0 Å². The third-order valence-electron chi connectivity index (χ3n) is 3.64. The zero-order chi connectivity index (χ0) is 20.8. The number of nitrogens with one attached hydrogen (secondary N) is 3. The first-order valence-electron chi connectivity index (χ1n) is 8.80. The molecule has 2 aromatic carbocycles. The molecule has 2 rings (SSSR count). The molecule has 0 aliphatic rings. The van der Waals surface area contributed by atoms with E-state index in [-0.39, 0.29) is 29.5 Å². The van der Waals surface area contributed by atoms with Gasteiger partial charge in [-0.05, 0) is 44.5 Å². The largest absolute Gasteiger partial charge is 0.350 e. The summed E-state index contributed by atoms with van der Waals surface area (Å²) in [5.74, 6) is -0.849. The Kier molecular flexibility index (Phi) is 6.93. The van der Waals surface area contributed by atoms with Gasteiger partial charge in [0.15, 0.2) is 0 Å². The quantitative estimate of drug-likeness (QED) is 0.656. The molecule has 2 aromatic rings. The number of hydrogen-bond donors (Lipinski definition) is 3. The van der Waals surface area contributed by atoms with E-state index in [4.69, 9.17) is 0 Å². The number of sulfonamides is 1. The summed E-state index contributed by atoms with van der Waals surface area (Å²) in [6.07, 6.45) is 0. The number of carbonyl (C=O) groups is 2. The summed E-state index contributed by atoms with van der Waals surface area (Å²) < 4.78 is 27.5. The van der Waals surface area contributed by atoms with E-state index >= 15 is 0 Å². The number of rotatable bonds is 7. The van der Waals surface area contributed by atoms with Gasteiger partial charge in [-0.1, -0.05) is 36.4 Å². The minimum absolute atomic E-state index is 0.0183. The molecule has 0 aromatic heterocycles. The van der Waals surface area contributed by atoms with Crippen LogP contribution in [0.4, 0.5) is 0 Å². The normalized spacial score (nSPS) is 11.7. The van der Waals surface area contributed by atoms with Crippen molar-refractivity contribution in [1.82, 2.24) is 15.4 Å². The van der Waals surface area contributed by atoms with Gasteiger partial charge in [-0.2, -0.15) is 0 Å². The second-order valence-electron chi connectivity index (χ2n) is 7.32. The van der Waals surface area contributed by atoms with Crippen molar-refractivity contribution in [3.63, 3.8) is 0 Å². The first-order chi connectivity index (χ1) is 13.1. The molecule has 8 heteroatoms. The van der Waals surface area contributed by atoms with Gasteiger partial charge >= 0.3 is 0 Å². The average Bonchev–Trinajstić information content (AvgIpc) is 2.64. The lowest BCUT2D eigenvalue weighted by atomic mass is 10.1. The molecule has 0 fully saturated rings. The van der Waals surface area contributed by atoms with Crippen molar-refractivity contribution in [2.45, 2.75) is 37.8 Å². The Labute approximate surface area is 165 Å². The lowest BCUT2D eigenvalue weighted by molar-refractivity contribution is -0.121. The minimum Gasteiger partial charge on any atom is -0.350 e. The summed E-state index contributed by atoms with van der Waals surface area (Å²) in [6.45, 7) is 5.46. The van der Waals surface area contributed by atoms with E-state index in [1.54, 1.807) is 0 Å². The first kappa shape index (κ1) is 21.6. The maximum absolute atomic E-state index is 12.5. The van der Waals surface area contributed by atoms with Crippen LogP contribution in [0.25, 0.3) is 0 Å². The topological polar surface area (TPSA) is 104 Å². The number of amides is 2. The highest BCUT2D eigenvalue weighted by Crippen LogP contribution is 2.12. The van der Waals surface area contributed by atoms with E-state index < -0.39 is 21.5 Å². The highest BCUT2D eigenvalue weighted by molar-refractivity contribution is 7.89. The van der Waals surface area contributed by atoms with Crippen LogP contribution >= 0.6 is 0 Å². The Balaban J connectivity index is 2.02. The monoisotopic (exact) mass is 403 g/mol. The van der Waals surface area contributed by atoms with Gasteiger partial charge in [0.2, 0.25) is 15.9 Å². The maximum Gasteiger partial charge on any atom is 0.251 e. The molecule has 0 unspecified atom stereocenters. The molecular weight excluding hydrogens is 378 g/mol. The summed E-state index contributed by atoms with van der Waals surface area (Å²) in [5, 5.41) is 5.23. The van der Waals surface area contributed by atoms with Gasteiger partial charge in [0, 0.05) is 17.6 Å². The standard InChI is InChI=1S/C20H25N3O4S/c1-20(2,3)23-18(24)14-21-19(25)16-10-7-11-17(12-16)28(26,27)22-13-15-8-5-4-6-9-15/h4-12,22H,13-14H2,1-3H3,(H,21,25)(H,23,24). The molecule has 0 atom stereocenters. The zero-order valence-electron chi connectivity index (χ0n) is 16.2. The van der Waals surface area contributed by atoms with Gasteiger partial charge in [0.05, 0.1) is 11.4 Å². The van der Waals surface area contributed by atoms with Gasteiger partial charge in [-0.3, -0.25) is 9.59 Å². The summed E-state index contributed by atoms with van der Waals surface area (Å²) in [6, 6.07) is 14.8. The highest BCUT2D eigenvalue weighted by Gasteiger charge is 2.18. The highest BCUT2D eigenvalue weighted by atomic mass is 32.2. The van der Waals surface area contributed by atoms with Gasteiger partial charge in [0.25, 0.3) is 5.91 Å². The predicted octanol–water partition coefficient (Wildman–Crippen LogP) is 1.81. The number of hydrogen-bond acceptors (Lipinski definition) is 4. The van der Waals surface area contributed by atoms with Gasteiger partial charge < -0.3 is 10.6 Å². The SMILES string of the molecule is CC(C)(C)NC(=O)CNC(=O)c1cccc(S(=O)(=O)NCc2ccccc2)c1. The van der Waals surface area contributed by atoms with E-state index in [2.05, 4.69) is 15.4 Å². The maximum atomic E-state index is 12.5. The third-order valence-corrected chi connectivity index (χ3v) is 5.04. The fourth-order valence-corrected chi connectivity index (χ4v) is 3.45. The van der Waals surface area contributed by atoms with Crippen molar-refractivity contribution in [2.75, 3.05) is 6.54 Å². The molecule has 3 N–H and O–H groups in total. The van der Waals surface area contributed by atoms with Crippen LogP contribution in [-0.4, -0.2) is 32.3 Å². The molecule has 0 heterocycles. The summed E-state index contributed by atoms with van der Waals surface area (Å²) in [4.78, 5) is 24.1. The van der Waals surface area contributed by atoms with Gasteiger partial charge in [-0.15, -0.1) is 0 Å². The van der Waals surface area contributed by atoms with Crippen molar-refractivity contribution in [3.05, 3.63) is 65.7 Å². The molecule has 0 aliphatic heterocycles. The molecule has 7 nitrogen and oxygen atoms in total. The average molecular weight is 404 g/mol. The first-order valence-corrected chi connectivity index (χ1v) is 10.3. The summed E-state index contributed by atoms with van der Waals surface area (Å²) in [7, 11) is -3.78. The lowest BCUT2D eigenvalue weighted by Gasteiger charge is -2.20. The Morgan fingerprint density at radius 3 is 2.29 bits per heavy atom. The second-order valence-corrected chi connectivity index (χ2v) is 9.09. The van der Waals surface area contributed by atoms with E-state index in [1.165, 1.54) is 24.3 Å². The minimum atomic E-state index is -3.78. The van der Waals surface area contributed by atoms with Crippen LogP contribution < -0.4 is 15.4 Å². The van der Waals surface area contributed by atoms with Crippen molar-refractivity contribution < 1.29 is 18.0 Å². The molecule has 0 saturated carbocycles. The zero-order valence-corrected chi connectivity index (χ0v) is 17.0. The van der Waals surface area contributed by atoms with Gasteiger partial charge in [-0.25, -0.2) is 13.1 Å².